The van der Waals surface area contributed by atoms with E-state index in [2.05, 4.69) is 24.1 Å². The summed E-state index contributed by atoms with van der Waals surface area (Å²) < 4.78 is 0. The third-order valence-corrected chi connectivity index (χ3v) is 1.93. The summed E-state index contributed by atoms with van der Waals surface area (Å²) in [6.45, 7) is 10.8. The summed E-state index contributed by atoms with van der Waals surface area (Å²) in [6.07, 6.45) is 3.82. The fourth-order valence-electron chi connectivity index (χ4n) is 1.40. The number of amides is 1. The Morgan fingerprint density at radius 1 is 1.50 bits per heavy atom. The first kappa shape index (κ1) is 13.2. The van der Waals surface area contributed by atoms with Crippen molar-refractivity contribution in [2.45, 2.75) is 39.2 Å². The van der Waals surface area contributed by atoms with Crippen molar-refractivity contribution in [1.82, 2.24) is 10.6 Å². The molecule has 82 valence electrons. The van der Waals surface area contributed by atoms with Gasteiger partial charge < -0.3 is 10.6 Å². The molecule has 0 rings (SSSR count). The van der Waals surface area contributed by atoms with Crippen LogP contribution in [-0.2, 0) is 4.79 Å². The minimum absolute atomic E-state index is 0.0466. The number of hydrogen-bond donors (Lipinski definition) is 2. The second-order valence-electron chi connectivity index (χ2n) is 4.10. The summed E-state index contributed by atoms with van der Waals surface area (Å²) in [5.41, 5.74) is -0.0955. The summed E-state index contributed by atoms with van der Waals surface area (Å²) in [5.74, 6) is 0.0466. The SMILES string of the molecule is C=CCNCC(=O)NC(C)(C)CCC. The normalized spacial score (nSPS) is 11.1. The van der Waals surface area contributed by atoms with Crippen molar-refractivity contribution in [2.24, 2.45) is 0 Å². The Bertz CT molecular complexity index is 188. The highest BCUT2D eigenvalue weighted by Gasteiger charge is 2.18. The molecule has 0 saturated carbocycles. The average Bonchev–Trinajstić information content (AvgIpc) is 2.03. The molecule has 2 N–H and O–H groups in total. The summed E-state index contributed by atoms with van der Waals surface area (Å²) >= 11 is 0. The Labute approximate surface area is 87.0 Å². The zero-order chi connectivity index (χ0) is 11.0. The van der Waals surface area contributed by atoms with Crippen molar-refractivity contribution in [2.75, 3.05) is 13.1 Å². The molecule has 0 aliphatic rings. The number of carbonyl (C=O) groups excluding carboxylic acids is 1. The molecule has 0 heterocycles. The van der Waals surface area contributed by atoms with Gasteiger partial charge in [-0.2, -0.15) is 0 Å². The van der Waals surface area contributed by atoms with Gasteiger partial charge in [0.15, 0.2) is 0 Å². The predicted octanol–water partition coefficient (Wildman–Crippen LogP) is 1.46. The molecule has 3 heteroatoms. The quantitative estimate of drug-likeness (QED) is 0.480. The maximum Gasteiger partial charge on any atom is 0.234 e. The van der Waals surface area contributed by atoms with Crippen molar-refractivity contribution in [3.8, 4) is 0 Å². The van der Waals surface area contributed by atoms with Gasteiger partial charge in [-0.05, 0) is 20.3 Å². The van der Waals surface area contributed by atoms with Crippen LogP contribution < -0.4 is 10.6 Å². The van der Waals surface area contributed by atoms with Crippen LogP contribution in [0.3, 0.4) is 0 Å². The molecular formula is C11H22N2O. The van der Waals surface area contributed by atoms with Gasteiger partial charge >= 0.3 is 0 Å². The molecular weight excluding hydrogens is 176 g/mol. The molecule has 3 nitrogen and oxygen atoms in total. The summed E-state index contributed by atoms with van der Waals surface area (Å²) in [7, 11) is 0. The van der Waals surface area contributed by atoms with Crippen LogP contribution in [0, 0.1) is 0 Å². The second kappa shape index (κ2) is 6.60. The molecule has 0 aliphatic carbocycles. The standard InChI is InChI=1S/C11H22N2O/c1-5-7-11(3,4)13-10(14)9-12-8-6-2/h6,12H,2,5,7-9H2,1,3-4H3,(H,13,14). The number of hydrogen-bond acceptors (Lipinski definition) is 2. The summed E-state index contributed by atoms with van der Waals surface area (Å²) in [6, 6.07) is 0. The maximum absolute atomic E-state index is 11.4. The van der Waals surface area contributed by atoms with Crippen LogP contribution in [0.1, 0.15) is 33.6 Å². The van der Waals surface area contributed by atoms with Crippen molar-refractivity contribution < 1.29 is 4.79 Å². The van der Waals surface area contributed by atoms with E-state index in [1.54, 1.807) is 6.08 Å². The van der Waals surface area contributed by atoms with E-state index < -0.39 is 0 Å². The van der Waals surface area contributed by atoms with Crippen LogP contribution in [-0.4, -0.2) is 24.5 Å². The Morgan fingerprint density at radius 3 is 2.64 bits per heavy atom. The van der Waals surface area contributed by atoms with Crippen LogP contribution in [0.15, 0.2) is 12.7 Å². The third-order valence-electron chi connectivity index (χ3n) is 1.93. The highest BCUT2D eigenvalue weighted by Crippen LogP contribution is 2.09. The second-order valence-corrected chi connectivity index (χ2v) is 4.10. The summed E-state index contributed by atoms with van der Waals surface area (Å²) in [4.78, 5) is 11.4. The minimum Gasteiger partial charge on any atom is -0.350 e. The smallest absolute Gasteiger partial charge is 0.234 e. The highest BCUT2D eigenvalue weighted by molar-refractivity contribution is 5.78. The molecule has 0 unspecified atom stereocenters. The zero-order valence-corrected chi connectivity index (χ0v) is 9.52. The molecule has 14 heavy (non-hydrogen) atoms. The zero-order valence-electron chi connectivity index (χ0n) is 9.52. The Morgan fingerprint density at radius 2 is 2.14 bits per heavy atom. The van der Waals surface area contributed by atoms with Gasteiger partial charge in [0.25, 0.3) is 0 Å². The number of rotatable bonds is 7. The number of nitrogens with one attached hydrogen (secondary N) is 2. The topological polar surface area (TPSA) is 41.1 Å². The molecule has 0 aromatic carbocycles. The van der Waals surface area contributed by atoms with Gasteiger partial charge in [-0.3, -0.25) is 4.79 Å². The van der Waals surface area contributed by atoms with E-state index in [0.29, 0.717) is 13.1 Å². The minimum atomic E-state index is -0.0955. The van der Waals surface area contributed by atoms with Gasteiger partial charge in [-0.1, -0.05) is 19.4 Å². The lowest BCUT2D eigenvalue weighted by Gasteiger charge is -2.25. The lowest BCUT2D eigenvalue weighted by Crippen LogP contribution is -2.46. The molecule has 0 radical (unpaired) electrons. The monoisotopic (exact) mass is 198 g/mol. The number of carbonyl (C=O) groups is 1. The van der Waals surface area contributed by atoms with Crippen molar-refractivity contribution in [3.63, 3.8) is 0 Å². The van der Waals surface area contributed by atoms with Crippen molar-refractivity contribution in [3.05, 3.63) is 12.7 Å². The van der Waals surface area contributed by atoms with E-state index in [0.717, 1.165) is 12.8 Å². The molecule has 0 atom stereocenters. The van der Waals surface area contributed by atoms with Gasteiger partial charge in [0.2, 0.25) is 5.91 Å². The lowest BCUT2D eigenvalue weighted by molar-refractivity contribution is -0.121. The first-order valence-corrected chi connectivity index (χ1v) is 5.14. The van der Waals surface area contributed by atoms with Gasteiger partial charge in [0, 0.05) is 12.1 Å². The van der Waals surface area contributed by atoms with E-state index >= 15 is 0 Å². The molecule has 0 spiro atoms. The molecule has 0 aromatic rings. The predicted molar refractivity (Wildman–Crippen MR) is 60.2 cm³/mol. The largest absolute Gasteiger partial charge is 0.350 e. The molecule has 1 amide bonds. The molecule has 0 bridgehead atoms. The van der Waals surface area contributed by atoms with Gasteiger partial charge in [0.05, 0.1) is 6.54 Å². The van der Waals surface area contributed by atoms with Crippen molar-refractivity contribution in [1.29, 1.82) is 0 Å². The Balaban J connectivity index is 3.74. The molecule has 0 aliphatic heterocycles. The van der Waals surface area contributed by atoms with Crippen molar-refractivity contribution >= 4 is 5.91 Å². The fourth-order valence-corrected chi connectivity index (χ4v) is 1.40. The van der Waals surface area contributed by atoms with E-state index in [4.69, 9.17) is 0 Å². The lowest BCUT2D eigenvalue weighted by atomic mass is 9.99. The first-order chi connectivity index (χ1) is 6.52. The first-order valence-electron chi connectivity index (χ1n) is 5.14. The van der Waals surface area contributed by atoms with Crippen LogP contribution in [0.25, 0.3) is 0 Å². The Hall–Kier alpha value is -0.830. The van der Waals surface area contributed by atoms with E-state index in [9.17, 15) is 4.79 Å². The van der Waals surface area contributed by atoms with Crippen LogP contribution in [0.4, 0.5) is 0 Å². The fraction of sp³-hybridized carbons (Fsp3) is 0.727. The summed E-state index contributed by atoms with van der Waals surface area (Å²) in [5, 5.41) is 5.95. The van der Waals surface area contributed by atoms with Gasteiger partial charge in [0.1, 0.15) is 0 Å². The van der Waals surface area contributed by atoms with Crippen LogP contribution in [0.5, 0.6) is 0 Å². The third kappa shape index (κ3) is 6.66. The van der Waals surface area contributed by atoms with Crippen LogP contribution >= 0.6 is 0 Å². The molecule has 0 aromatic heterocycles. The Kier molecular flexibility index (Phi) is 6.21. The van der Waals surface area contributed by atoms with Crippen LogP contribution in [0.2, 0.25) is 0 Å². The van der Waals surface area contributed by atoms with E-state index in [-0.39, 0.29) is 11.4 Å². The molecule has 0 fully saturated rings. The van der Waals surface area contributed by atoms with E-state index in [1.165, 1.54) is 0 Å². The highest BCUT2D eigenvalue weighted by atomic mass is 16.2. The van der Waals surface area contributed by atoms with E-state index in [1.807, 2.05) is 13.8 Å². The van der Waals surface area contributed by atoms with Gasteiger partial charge in [-0.15, -0.1) is 6.58 Å². The molecule has 0 saturated heterocycles. The average molecular weight is 198 g/mol. The maximum atomic E-state index is 11.4. The van der Waals surface area contributed by atoms with Gasteiger partial charge in [-0.25, -0.2) is 0 Å².